The van der Waals surface area contributed by atoms with Gasteiger partial charge in [-0.3, -0.25) is 9.59 Å². The van der Waals surface area contributed by atoms with Gasteiger partial charge in [0.15, 0.2) is 6.10 Å². The summed E-state index contributed by atoms with van der Waals surface area (Å²) in [7, 11) is 0. The quantitative estimate of drug-likeness (QED) is 0.0350. The first-order valence-corrected chi connectivity index (χ1v) is 23.8. The van der Waals surface area contributed by atoms with Crippen molar-refractivity contribution in [2.45, 2.75) is 232 Å². The van der Waals surface area contributed by atoms with Crippen molar-refractivity contribution in [1.29, 1.82) is 0 Å². The molecule has 0 rings (SSSR count). The highest BCUT2D eigenvalue weighted by molar-refractivity contribution is 5.70. The van der Waals surface area contributed by atoms with Crippen molar-refractivity contribution in [2.75, 3.05) is 19.8 Å². The van der Waals surface area contributed by atoms with Gasteiger partial charge in [0.25, 0.3) is 0 Å². The lowest BCUT2D eigenvalue weighted by Gasteiger charge is -2.18. The Morgan fingerprint density at radius 3 is 1.36 bits per heavy atom. The summed E-state index contributed by atoms with van der Waals surface area (Å²) in [6.45, 7) is 7.62. The molecule has 5 heteroatoms. The summed E-state index contributed by atoms with van der Waals surface area (Å²) in [5.41, 5.74) is 0. The largest absolute Gasteiger partial charge is 0.462 e. The zero-order valence-corrected chi connectivity index (χ0v) is 37.1. The molecule has 0 saturated carbocycles. The first kappa shape index (κ1) is 53.6. The lowest BCUT2D eigenvalue weighted by Crippen LogP contribution is -2.30. The minimum absolute atomic E-state index is 0.0564. The molecular formula is C51H90O5. The third-order valence-electron chi connectivity index (χ3n) is 10.1. The van der Waals surface area contributed by atoms with E-state index >= 15 is 0 Å². The number of unbranched alkanes of at least 4 members (excludes halogenated alkanes) is 22. The van der Waals surface area contributed by atoms with E-state index in [0.29, 0.717) is 25.9 Å². The Hall–Kier alpha value is -2.40. The smallest absolute Gasteiger partial charge is 0.306 e. The molecule has 0 spiro atoms. The molecule has 0 heterocycles. The zero-order chi connectivity index (χ0) is 40.7. The van der Waals surface area contributed by atoms with E-state index in [0.717, 1.165) is 51.4 Å². The molecule has 0 saturated heterocycles. The molecule has 1 atom stereocenters. The highest BCUT2D eigenvalue weighted by Gasteiger charge is 2.17. The molecular weight excluding hydrogens is 693 g/mol. The summed E-state index contributed by atoms with van der Waals surface area (Å²) in [5.74, 6) is -0.491. The van der Waals surface area contributed by atoms with Crippen LogP contribution in [0, 0.1) is 0 Å². The van der Waals surface area contributed by atoms with E-state index in [1.807, 2.05) is 6.08 Å². The molecule has 5 nitrogen and oxygen atoms in total. The second kappa shape index (κ2) is 47.0. The minimum atomic E-state index is -0.570. The monoisotopic (exact) mass is 783 g/mol. The van der Waals surface area contributed by atoms with Gasteiger partial charge in [-0.1, -0.05) is 204 Å². The third-order valence-corrected chi connectivity index (χ3v) is 10.1. The van der Waals surface area contributed by atoms with Gasteiger partial charge in [-0.2, -0.15) is 0 Å². The minimum Gasteiger partial charge on any atom is -0.462 e. The molecule has 0 amide bonds. The fourth-order valence-corrected chi connectivity index (χ4v) is 6.52. The van der Waals surface area contributed by atoms with Gasteiger partial charge in [0.2, 0.25) is 0 Å². The number of hydrogen-bond donors (Lipinski definition) is 0. The fourth-order valence-electron chi connectivity index (χ4n) is 6.52. The van der Waals surface area contributed by atoms with E-state index in [9.17, 15) is 9.59 Å². The molecule has 56 heavy (non-hydrogen) atoms. The van der Waals surface area contributed by atoms with Crippen LogP contribution in [-0.2, 0) is 23.8 Å². The highest BCUT2D eigenvalue weighted by atomic mass is 16.6. The van der Waals surface area contributed by atoms with Crippen LogP contribution in [0.5, 0.6) is 0 Å². The van der Waals surface area contributed by atoms with E-state index in [2.05, 4.69) is 75.5 Å². The van der Waals surface area contributed by atoms with Gasteiger partial charge in [-0.25, -0.2) is 0 Å². The lowest BCUT2D eigenvalue weighted by molar-refractivity contribution is -0.162. The maximum atomic E-state index is 12.7. The van der Waals surface area contributed by atoms with Crippen molar-refractivity contribution in [2.24, 2.45) is 0 Å². The molecule has 0 aromatic heterocycles. The molecule has 0 aromatic carbocycles. The van der Waals surface area contributed by atoms with Crippen molar-refractivity contribution >= 4 is 11.9 Å². The third kappa shape index (κ3) is 44.3. The molecule has 0 bridgehead atoms. The summed E-state index contributed by atoms with van der Waals surface area (Å²) in [6, 6.07) is 0. The molecule has 0 aromatic rings. The van der Waals surface area contributed by atoms with Gasteiger partial charge < -0.3 is 14.2 Å². The summed E-state index contributed by atoms with van der Waals surface area (Å²) in [4.78, 5) is 25.2. The van der Waals surface area contributed by atoms with Gasteiger partial charge in [0.05, 0.1) is 6.61 Å². The van der Waals surface area contributed by atoms with Crippen LogP contribution in [0.15, 0.2) is 60.8 Å². The Bertz CT molecular complexity index is 977. The second-order valence-corrected chi connectivity index (χ2v) is 15.6. The molecule has 1 unspecified atom stereocenters. The molecule has 0 radical (unpaired) electrons. The number of carbonyl (C=O) groups is 2. The standard InChI is InChI=1S/C51H90O5/c1-4-7-10-13-16-19-21-23-24-25-26-27-28-30-31-33-35-38-41-44-50(52)55-48-49(47-54-46-43-40-37-18-15-12-9-6-3)56-51(53)45-42-39-36-34-32-29-22-20-17-14-11-8-5-2/h8,11,17,20,23-24,29,32,36,39,49H,4-7,9-10,12-16,18-19,21-22,25-28,30-31,33-35,37-38,40-48H2,1-3H3/b11-8-,20-17-,24-23-,32-29-,39-36-. The summed E-state index contributed by atoms with van der Waals surface area (Å²) in [5, 5.41) is 0. The van der Waals surface area contributed by atoms with Crippen LogP contribution >= 0.6 is 0 Å². The van der Waals surface area contributed by atoms with E-state index < -0.39 is 6.10 Å². The van der Waals surface area contributed by atoms with E-state index in [1.165, 1.54) is 135 Å². The van der Waals surface area contributed by atoms with Crippen molar-refractivity contribution < 1.29 is 23.8 Å². The van der Waals surface area contributed by atoms with Crippen LogP contribution in [-0.4, -0.2) is 37.9 Å². The van der Waals surface area contributed by atoms with E-state index in [4.69, 9.17) is 14.2 Å². The number of esters is 2. The SMILES string of the molecule is CC/C=C\C/C=C\C/C=C\C/C=C\CCC(=O)OC(COCCCCCCCCCC)COC(=O)CCCCCCCCCCC/C=C\CCCCCCCC. The summed E-state index contributed by atoms with van der Waals surface area (Å²) >= 11 is 0. The number of hydrogen-bond acceptors (Lipinski definition) is 5. The molecule has 0 aliphatic carbocycles. The summed E-state index contributed by atoms with van der Waals surface area (Å²) in [6.07, 6.45) is 58.1. The second-order valence-electron chi connectivity index (χ2n) is 15.6. The predicted molar refractivity (Wildman–Crippen MR) is 242 cm³/mol. The predicted octanol–water partition coefficient (Wildman–Crippen LogP) is 15.8. The van der Waals surface area contributed by atoms with Crippen LogP contribution in [0.3, 0.4) is 0 Å². The van der Waals surface area contributed by atoms with Gasteiger partial charge in [-0.15, -0.1) is 0 Å². The molecule has 0 N–H and O–H groups in total. The summed E-state index contributed by atoms with van der Waals surface area (Å²) < 4.78 is 17.2. The first-order valence-electron chi connectivity index (χ1n) is 23.8. The number of allylic oxidation sites excluding steroid dienone is 10. The zero-order valence-electron chi connectivity index (χ0n) is 37.1. The molecule has 0 fully saturated rings. The van der Waals surface area contributed by atoms with Gasteiger partial charge >= 0.3 is 11.9 Å². The van der Waals surface area contributed by atoms with Crippen molar-refractivity contribution in [3.05, 3.63) is 60.8 Å². The van der Waals surface area contributed by atoms with Crippen LogP contribution in [0.2, 0.25) is 0 Å². The molecule has 0 aliphatic rings. The number of carbonyl (C=O) groups excluding carboxylic acids is 2. The van der Waals surface area contributed by atoms with Crippen LogP contribution in [0.1, 0.15) is 226 Å². The Balaban J connectivity index is 4.21. The Labute approximate surface area is 347 Å². The maximum absolute atomic E-state index is 12.7. The Morgan fingerprint density at radius 1 is 0.411 bits per heavy atom. The van der Waals surface area contributed by atoms with E-state index in [1.54, 1.807) is 0 Å². The first-order chi connectivity index (χ1) is 27.6. The average molecular weight is 783 g/mol. The fraction of sp³-hybridized carbons (Fsp3) is 0.765. The average Bonchev–Trinajstić information content (AvgIpc) is 3.20. The van der Waals surface area contributed by atoms with Crippen molar-refractivity contribution in [1.82, 2.24) is 0 Å². The van der Waals surface area contributed by atoms with Crippen molar-refractivity contribution in [3.63, 3.8) is 0 Å². The van der Waals surface area contributed by atoms with Gasteiger partial charge in [-0.05, 0) is 70.6 Å². The topological polar surface area (TPSA) is 61.8 Å². The number of rotatable bonds is 43. The molecule has 324 valence electrons. The normalized spacial score (nSPS) is 12.7. The van der Waals surface area contributed by atoms with Crippen LogP contribution in [0.4, 0.5) is 0 Å². The van der Waals surface area contributed by atoms with Crippen LogP contribution < -0.4 is 0 Å². The van der Waals surface area contributed by atoms with Gasteiger partial charge in [0.1, 0.15) is 6.61 Å². The maximum Gasteiger partial charge on any atom is 0.306 e. The molecule has 0 aliphatic heterocycles. The lowest BCUT2D eigenvalue weighted by atomic mass is 10.1. The van der Waals surface area contributed by atoms with Crippen LogP contribution in [0.25, 0.3) is 0 Å². The Morgan fingerprint density at radius 2 is 0.839 bits per heavy atom. The Kier molecular flexibility index (Phi) is 45.0. The van der Waals surface area contributed by atoms with E-state index in [-0.39, 0.29) is 25.2 Å². The van der Waals surface area contributed by atoms with Crippen molar-refractivity contribution in [3.8, 4) is 0 Å². The highest BCUT2D eigenvalue weighted by Crippen LogP contribution is 2.14. The van der Waals surface area contributed by atoms with Gasteiger partial charge in [0, 0.05) is 19.4 Å². The number of ether oxygens (including phenoxy) is 3.